The van der Waals surface area contributed by atoms with Gasteiger partial charge in [-0.05, 0) is 51.0 Å². The van der Waals surface area contributed by atoms with Crippen molar-refractivity contribution in [3.63, 3.8) is 0 Å². The minimum absolute atomic E-state index is 0. The molecule has 3 fully saturated rings. The number of alkyl carbamates (subject to hydrolysis) is 1. The Balaban J connectivity index is 0.00000392. The fourth-order valence-corrected chi connectivity index (χ4v) is 8.62. The van der Waals surface area contributed by atoms with Crippen molar-refractivity contribution in [1.29, 1.82) is 0 Å². The molecule has 5 rings (SSSR count). The molecule has 3 aliphatic carbocycles. The van der Waals surface area contributed by atoms with Crippen LogP contribution in [0, 0.1) is 105 Å². The predicted octanol–water partition coefficient (Wildman–Crippen LogP) is 1.67. The van der Waals surface area contributed by atoms with Crippen LogP contribution in [0.2, 0.25) is 0 Å². The molecule has 1 saturated heterocycles. The maximum absolute atomic E-state index is 14.6. The first-order chi connectivity index (χ1) is 24.2. The molecular formula is C38H49Ac2NO13. The number of ketones is 1. The summed E-state index contributed by atoms with van der Waals surface area (Å²) in [6, 6.07) is 6.56. The Bertz CT molecular complexity index is 1680. The number of hydrogen-bond donors (Lipinski definition) is 6. The summed E-state index contributed by atoms with van der Waals surface area (Å²) in [5.41, 5.74) is -6.87. The van der Waals surface area contributed by atoms with Crippen LogP contribution in [-0.2, 0) is 28.5 Å². The van der Waals surface area contributed by atoms with E-state index in [1.807, 2.05) is 0 Å². The second kappa shape index (κ2) is 17.8. The number of hydrogen-bond acceptors (Lipinski definition) is 13. The van der Waals surface area contributed by atoms with Gasteiger partial charge in [0.2, 0.25) is 0 Å². The van der Waals surface area contributed by atoms with E-state index in [2.05, 4.69) is 11.9 Å². The van der Waals surface area contributed by atoms with Crippen LogP contribution in [-0.4, -0.2) is 116 Å². The number of Topliss-reactive ketones (excluding diaryl/α,β-unsaturated/α-hetero) is 1. The quantitative estimate of drug-likeness (QED) is 0.118. The molecule has 1 aromatic rings. The first kappa shape index (κ1) is 47.3. The van der Waals surface area contributed by atoms with E-state index in [4.69, 9.17) is 18.9 Å². The monoisotopic (exact) mass is 1180 g/mol. The summed E-state index contributed by atoms with van der Waals surface area (Å²) in [6.07, 6.45) is -8.45. The van der Waals surface area contributed by atoms with Crippen molar-refractivity contribution in [3.8, 4) is 0 Å². The molecule has 1 amide bonds. The van der Waals surface area contributed by atoms with Gasteiger partial charge in [0, 0.05) is 112 Å². The van der Waals surface area contributed by atoms with Crippen LogP contribution in [0.15, 0.2) is 65.8 Å². The zero-order valence-corrected chi connectivity index (χ0v) is 40.8. The molecule has 6 N–H and O–H groups in total. The molecule has 1 unspecified atom stereocenters. The summed E-state index contributed by atoms with van der Waals surface area (Å²) >= 11 is 0. The van der Waals surface area contributed by atoms with Crippen LogP contribution in [0.5, 0.6) is 0 Å². The van der Waals surface area contributed by atoms with Crippen molar-refractivity contribution in [2.24, 2.45) is 16.7 Å². The zero-order valence-electron chi connectivity index (χ0n) is 31.4. The van der Waals surface area contributed by atoms with Gasteiger partial charge >= 0.3 is 18.0 Å². The normalized spacial score (nSPS) is 34.5. The number of ether oxygens (including phenoxy) is 4. The molecular weight excluding hydrogens is 1130 g/mol. The van der Waals surface area contributed by atoms with E-state index in [1.54, 1.807) is 45.9 Å². The Morgan fingerprint density at radius 2 is 1.70 bits per heavy atom. The maximum atomic E-state index is 14.6. The van der Waals surface area contributed by atoms with Crippen LogP contribution in [0.1, 0.15) is 64.7 Å². The molecule has 2 saturated carbocycles. The summed E-state index contributed by atoms with van der Waals surface area (Å²) in [5.74, 6) is -4.54. The van der Waals surface area contributed by atoms with E-state index in [0.29, 0.717) is 5.57 Å². The van der Waals surface area contributed by atoms with Gasteiger partial charge in [-0.25, -0.2) is 14.4 Å². The van der Waals surface area contributed by atoms with Gasteiger partial charge in [-0.2, -0.15) is 0 Å². The second-order valence-electron chi connectivity index (χ2n) is 15.3. The van der Waals surface area contributed by atoms with Crippen LogP contribution < -0.4 is 5.32 Å². The van der Waals surface area contributed by atoms with Gasteiger partial charge in [-0.15, -0.1) is 0 Å². The summed E-state index contributed by atoms with van der Waals surface area (Å²) in [4.78, 5) is 54.5. The number of carbonyl (C=O) groups excluding carboxylic acids is 4. The Labute approximate surface area is 386 Å². The van der Waals surface area contributed by atoms with Crippen molar-refractivity contribution in [2.75, 3.05) is 13.2 Å². The molecule has 1 aliphatic heterocycles. The van der Waals surface area contributed by atoms with E-state index in [9.17, 15) is 44.7 Å². The molecule has 290 valence electrons. The van der Waals surface area contributed by atoms with E-state index >= 15 is 0 Å². The molecule has 0 spiro atoms. The maximum Gasteiger partial charge on any atom is 0.408 e. The fourth-order valence-electron chi connectivity index (χ4n) is 8.62. The van der Waals surface area contributed by atoms with E-state index in [0.717, 1.165) is 0 Å². The minimum Gasteiger partial charge on any atom is -0.456 e. The summed E-state index contributed by atoms with van der Waals surface area (Å²) in [7, 11) is 0. The molecule has 14 nitrogen and oxygen atoms in total. The zero-order chi connectivity index (χ0) is 38.6. The fraction of sp³-hybridized carbons (Fsp3) is 0.579. The molecule has 4 aliphatic rings. The molecule has 1 heterocycles. The Kier molecular flexibility index (Phi) is 15.6. The average molecular weight is 1180 g/mol. The molecule has 11 atom stereocenters. The minimum atomic E-state index is -2.30. The van der Waals surface area contributed by atoms with Crippen LogP contribution in [0.4, 0.5) is 4.79 Å². The second-order valence-corrected chi connectivity index (χ2v) is 15.3. The van der Waals surface area contributed by atoms with Crippen molar-refractivity contribution >= 4 is 23.8 Å². The molecule has 54 heavy (non-hydrogen) atoms. The molecule has 1 aromatic carbocycles. The van der Waals surface area contributed by atoms with Gasteiger partial charge in [-0.1, -0.05) is 56.4 Å². The van der Waals surface area contributed by atoms with Gasteiger partial charge in [0.25, 0.3) is 0 Å². The number of nitrogens with one attached hydrogen (secondary N) is 1. The average Bonchev–Trinajstić information content (AvgIpc) is 3.08. The summed E-state index contributed by atoms with van der Waals surface area (Å²) in [5, 5.41) is 62.4. The topological polar surface area (TPSA) is 218 Å². The molecule has 16 heteroatoms. The predicted molar refractivity (Wildman–Crippen MR) is 183 cm³/mol. The van der Waals surface area contributed by atoms with Gasteiger partial charge in [0.15, 0.2) is 11.9 Å². The number of fused-ring (bicyclic) bond motifs is 5. The molecule has 0 aromatic heterocycles. The number of benzene rings is 1. The number of aliphatic hydroxyl groups is 5. The third-order valence-corrected chi connectivity index (χ3v) is 11.6. The number of esters is 2. The van der Waals surface area contributed by atoms with Gasteiger partial charge in [0.05, 0.1) is 35.8 Å². The summed E-state index contributed by atoms with van der Waals surface area (Å²) in [6.45, 7) is 12.4. The number of carbonyl (C=O) groups is 4. The standard InChI is InChI=1S/C38H49NO13.2Ac/c1-8-14-49-34(46)39-22(15-19(2)3)27(41)33(45)51-23-17-38(48)31(52-32(44)21-12-10-9-11-13-21)29-36(7,24(40)16-25-37(29,47)18-50-25)30(43)28(42)26(20(23)4)35(38,5)6;;/h8-13,15,22-25,27-29,31,40-42,47-48H,1,14,16-18H2,2-7H3,(H,39,46);;/t22-,23?,24-,25+,27+,28+,29-,31-,36+,37-,38+;;/m0../s1. The Morgan fingerprint density at radius 1 is 1.07 bits per heavy atom. The smallest absolute Gasteiger partial charge is 0.408 e. The summed E-state index contributed by atoms with van der Waals surface area (Å²) < 4.78 is 22.6. The number of rotatable bonds is 9. The van der Waals surface area contributed by atoms with Crippen LogP contribution in [0.25, 0.3) is 0 Å². The van der Waals surface area contributed by atoms with Gasteiger partial charge in [-0.3, -0.25) is 4.79 Å². The Morgan fingerprint density at radius 3 is 2.26 bits per heavy atom. The number of aliphatic hydroxyl groups excluding tert-OH is 3. The van der Waals surface area contributed by atoms with Crippen LogP contribution in [0.3, 0.4) is 0 Å². The Hall–Kier alpha value is -1.04. The van der Waals surface area contributed by atoms with E-state index in [1.165, 1.54) is 38.1 Å². The molecule has 2 radical (unpaired) electrons. The van der Waals surface area contributed by atoms with Crippen molar-refractivity contribution in [1.82, 2.24) is 5.32 Å². The van der Waals surface area contributed by atoms with E-state index < -0.39 is 101 Å². The first-order valence-electron chi connectivity index (χ1n) is 17.3. The van der Waals surface area contributed by atoms with Crippen molar-refractivity contribution < 1.29 is 152 Å². The number of amides is 1. The first-order valence-corrected chi connectivity index (χ1v) is 17.3. The molecule has 2 bridgehead atoms. The SMILES string of the molecule is C=CCOC(=O)N[C@@H](C=C(C)C)[C@@H](O)C(=O)OC1C[C@@]2(O)[C@@H](OC(=O)c3ccccc3)[C@@H]3[C@]4(O)CO[C@@H]4C[C@H](O)[C@@]3(C)C(=O)[C@H](O)C(=C1C)C2(C)C.[Ac].[Ac]. The van der Waals surface area contributed by atoms with Gasteiger partial charge in [0.1, 0.15) is 36.1 Å². The largest absolute Gasteiger partial charge is 0.456 e. The third-order valence-electron chi connectivity index (χ3n) is 11.6. The van der Waals surface area contributed by atoms with Crippen molar-refractivity contribution in [3.05, 3.63) is 71.3 Å². The van der Waals surface area contributed by atoms with Gasteiger partial charge < -0.3 is 49.8 Å². The van der Waals surface area contributed by atoms with E-state index in [-0.39, 0.29) is 124 Å². The van der Waals surface area contributed by atoms with Crippen molar-refractivity contribution in [2.45, 2.75) is 108 Å². The number of allylic oxidation sites excluding steroid dienone is 1. The van der Waals surface area contributed by atoms with Crippen LogP contribution >= 0.6 is 0 Å². The third kappa shape index (κ3) is 8.15.